The SMILES string of the molecule is CNCC1CN(c2cccc(OC)n2)CCO1. The van der Waals surface area contributed by atoms with Crippen molar-refractivity contribution in [1.29, 1.82) is 0 Å². The van der Waals surface area contributed by atoms with Crippen LogP contribution in [0.2, 0.25) is 0 Å². The minimum Gasteiger partial charge on any atom is -0.481 e. The number of methoxy groups -OCH3 is 1. The first kappa shape index (κ1) is 12.1. The zero-order chi connectivity index (χ0) is 12.1. The first-order chi connectivity index (χ1) is 8.33. The number of morpholine rings is 1. The number of hydrogen-bond acceptors (Lipinski definition) is 5. The summed E-state index contributed by atoms with van der Waals surface area (Å²) in [6.07, 6.45) is 0.224. The summed E-state index contributed by atoms with van der Waals surface area (Å²) in [5.41, 5.74) is 0. The largest absolute Gasteiger partial charge is 0.481 e. The van der Waals surface area contributed by atoms with E-state index in [4.69, 9.17) is 9.47 Å². The molecule has 1 aromatic rings. The van der Waals surface area contributed by atoms with Crippen molar-refractivity contribution in [1.82, 2.24) is 10.3 Å². The molecule has 0 aromatic carbocycles. The molecule has 0 bridgehead atoms. The smallest absolute Gasteiger partial charge is 0.214 e. The van der Waals surface area contributed by atoms with Crippen LogP contribution < -0.4 is 15.0 Å². The van der Waals surface area contributed by atoms with E-state index in [-0.39, 0.29) is 6.10 Å². The van der Waals surface area contributed by atoms with Gasteiger partial charge in [-0.25, -0.2) is 0 Å². The van der Waals surface area contributed by atoms with Crippen molar-refractivity contribution >= 4 is 5.82 Å². The number of hydrogen-bond donors (Lipinski definition) is 1. The van der Waals surface area contributed by atoms with Crippen LogP contribution >= 0.6 is 0 Å². The monoisotopic (exact) mass is 237 g/mol. The van der Waals surface area contributed by atoms with Crippen molar-refractivity contribution in [2.45, 2.75) is 6.10 Å². The van der Waals surface area contributed by atoms with Crippen LogP contribution in [0.4, 0.5) is 5.82 Å². The maximum absolute atomic E-state index is 5.66. The number of rotatable bonds is 4. The highest BCUT2D eigenvalue weighted by Crippen LogP contribution is 2.18. The number of pyridine rings is 1. The van der Waals surface area contributed by atoms with Gasteiger partial charge in [-0.05, 0) is 13.1 Å². The normalized spacial score (nSPS) is 20.4. The summed E-state index contributed by atoms with van der Waals surface area (Å²) in [6.45, 7) is 3.34. The number of aromatic nitrogens is 1. The molecule has 1 aliphatic heterocycles. The number of anilines is 1. The van der Waals surface area contributed by atoms with Gasteiger partial charge in [-0.2, -0.15) is 4.98 Å². The van der Waals surface area contributed by atoms with E-state index in [1.54, 1.807) is 7.11 Å². The second-order valence-electron chi connectivity index (χ2n) is 4.03. The van der Waals surface area contributed by atoms with Gasteiger partial charge in [0, 0.05) is 25.7 Å². The Balaban J connectivity index is 2.05. The fourth-order valence-electron chi connectivity index (χ4n) is 1.97. The van der Waals surface area contributed by atoms with Crippen molar-refractivity contribution in [2.24, 2.45) is 0 Å². The van der Waals surface area contributed by atoms with Crippen LogP contribution in [-0.4, -0.2) is 51.5 Å². The number of nitrogens with one attached hydrogen (secondary N) is 1. The molecular formula is C12H19N3O2. The molecule has 0 saturated carbocycles. The average Bonchev–Trinajstić information content (AvgIpc) is 2.40. The third-order valence-corrected chi connectivity index (χ3v) is 2.81. The van der Waals surface area contributed by atoms with E-state index in [1.807, 2.05) is 25.2 Å². The van der Waals surface area contributed by atoms with Crippen molar-refractivity contribution < 1.29 is 9.47 Å². The first-order valence-electron chi connectivity index (χ1n) is 5.85. The average molecular weight is 237 g/mol. The zero-order valence-electron chi connectivity index (χ0n) is 10.3. The molecule has 1 saturated heterocycles. The molecule has 0 aliphatic carbocycles. The molecule has 17 heavy (non-hydrogen) atoms. The minimum absolute atomic E-state index is 0.224. The third-order valence-electron chi connectivity index (χ3n) is 2.81. The predicted molar refractivity (Wildman–Crippen MR) is 66.7 cm³/mol. The summed E-state index contributed by atoms with van der Waals surface area (Å²) in [5, 5.41) is 3.14. The van der Waals surface area contributed by atoms with Crippen LogP contribution in [0.25, 0.3) is 0 Å². The topological polar surface area (TPSA) is 46.6 Å². The van der Waals surface area contributed by atoms with Gasteiger partial charge in [-0.3, -0.25) is 0 Å². The van der Waals surface area contributed by atoms with Gasteiger partial charge in [-0.1, -0.05) is 6.07 Å². The third kappa shape index (κ3) is 3.08. The standard InChI is InChI=1S/C12H19N3O2/c1-13-8-10-9-15(6-7-17-10)11-4-3-5-12(14-11)16-2/h3-5,10,13H,6-9H2,1-2H3. The van der Waals surface area contributed by atoms with Gasteiger partial charge in [0.25, 0.3) is 0 Å². The highest BCUT2D eigenvalue weighted by Gasteiger charge is 2.20. The van der Waals surface area contributed by atoms with Crippen LogP contribution in [0, 0.1) is 0 Å². The van der Waals surface area contributed by atoms with Gasteiger partial charge in [-0.15, -0.1) is 0 Å². The molecule has 1 unspecified atom stereocenters. The van der Waals surface area contributed by atoms with E-state index in [0.29, 0.717) is 5.88 Å². The zero-order valence-corrected chi connectivity index (χ0v) is 10.3. The molecule has 1 fully saturated rings. The van der Waals surface area contributed by atoms with Crippen molar-refractivity contribution in [3.05, 3.63) is 18.2 Å². The lowest BCUT2D eigenvalue weighted by Gasteiger charge is -2.33. The van der Waals surface area contributed by atoms with Gasteiger partial charge in [0.15, 0.2) is 0 Å². The first-order valence-corrected chi connectivity index (χ1v) is 5.85. The van der Waals surface area contributed by atoms with Crippen molar-refractivity contribution in [3.63, 3.8) is 0 Å². The Morgan fingerprint density at radius 2 is 2.47 bits per heavy atom. The highest BCUT2D eigenvalue weighted by atomic mass is 16.5. The summed E-state index contributed by atoms with van der Waals surface area (Å²) in [7, 11) is 3.57. The number of likely N-dealkylation sites (N-methyl/N-ethyl adjacent to an activating group) is 1. The Kier molecular flexibility index (Phi) is 4.17. The minimum atomic E-state index is 0.224. The molecule has 5 nitrogen and oxygen atoms in total. The maximum atomic E-state index is 5.66. The Morgan fingerprint density at radius 3 is 3.24 bits per heavy atom. The van der Waals surface area contributed by atoms with E-state index >= 15 is 0 Å². The van der Waals surface area contributed by atoms with E-state index in [2.05, 4.69) is 15.2 Å². The van der Waals surface area contributed by atoms with Crippen LogP contribution in [0.5, 0.6) is 5.88 Å². The second kappa shape index (κ2) is 5.84. The Morgan fingerprint density at radius 1 is 1.59 bits per heavy atom. The highest BCUT2D eigenvalue weighted by molar-refractivity contribution is 5.41. The summed E-state index contributed by atoms with van der Waals surface area (Å²) in [5.74, 6) is 1.60. The second-order valence-corrected chi connectivity index (χ2v) is 4.03. The van der Waals surface area contributed by atoms with E-state index in [9.17, 15) is 0 Å². The van der Waals surface area contributed by atoms with Gasteiger partial charge in [0.2, 0.25) is 5.88 Å². The van der Waals surface area contributed by atoms with E-state index < -0.39 is 0 Å². The summed E-state index contributed by atoms with van der Waals surface area (Å²) in [4.78, 5) is 6.67. The molecule has 1 N–H and O–H groups in total. The molecule has 2 heterocycles. The lowest BCUT2D eigenvalue weighted by molar-refractivity contribution is 0.0419. The quantitative estimate of drug-likeness (QED) is 0.827. The summed E-state index contributed by atoms with van der Waals surface area (Å²) >= 11 is 0. The molecule has 1 aromatic heterocycles. The molecule has 2 rings (SSSR count). The molecule has 1 atom stereocenters. The molecule has 0 radical (unpaired) electrons. The predicted octanol–water partition coefficient (Wildman–Crippen LogP) is 0.515. The van der Waals surface area contributed by atoms with Crippen LogP contribution in [0.1, 0.15) is 0 Å². The maximum Gasteiger partial charge on any atom is 0.214 e. The van der Waals surface area contributed by atoms with Gasteiger partial charge < -0.3 is 19.7 Å². The van der Waals surface area contributed by atoms with Gasteiger partial charge in [0.05, 0.1) is 19.8 Å². The Bertz CT molecular complexity index is 357. The van der Waals surface area contributed by atoms with Crippen LogP contribution in [0.3, 0.4) is 0 Å². The lowest BCUT2D eigenvalue weighted by Crippen LogP contribution is -2.46. The van der Waals surface area contributed by atoms with E-state index in [1.165, 1.54) is 0 Å². The summed E-state index contributed by atoms with van der Waals surface area (Å²) < 4.78 is 10.8. The van der Waals surface area contributed by atoms with E-state index in [0.717, 1.165) is 32.1 Å². The number of nitrogens with zero attached hydrogens (tertiary/aromatic N) is 2. The molecule has 0 spiro atoms. The lowest BCUT2D eigenvalue weighted by atomic mass is 10.2. The molecule has 1 aliphatic rings. The molecule has 0 amide bonds. The van der Waals surface area contributed by atoms with Gasteiger partial charge >= 0.3 is 0 Å². The Labute approximate surface area is 102 Å². The fourth-order valence-corrected chi connectivity index (χ4v) is 1.97. The molecule has 94 valence electrons. The summed E-state index contributed by atoms with van der Waals surface area (Å²) in [6, 6.07) is 5.82. The van der Waals surface area contributed by atoms with Gasteiger partial charge in [0.1, 0.15) is 5.82 Å². The van der Waals surface area contributed by atoms with Crippen molar-refractivity contribution in [3.8, 4) is 5.88 Å². The van der Waals surface area contributed by atoms with Crippen LogP contribution in [0.15, 0.2) is 18.2 Å². The fraction of sp³-hybridized carbons (Fsp3) is 0.583. The Hall–Kier alpha value is -1.33. The van der Waals surface area contributed by atoms with Crippen LogP contribution in [-0.2, 0) is 4.74 Å². The molecule has 5 heteroatoms. The number of ether oxygens (including phenoxy) is 2. The van der Waals surface area contributed by atoms with Crippen molar-refractivity contribution in [2.75, 3.05) is 45.3 Å². The molecular weight excluding hydrogens is 218 g/mol.